The molecule has 96 valence electrons. The highest BCUT2D eigenvalue weighted by Gasteiger charge is 2.22. The molecule has 0 bridgehead atoms. The van der Waals surface area contributed by atoms with Gasteiger partial charge in [0.25, 0.3) is 0 Å². The summed E-state index contributed by atoms with van der Waals surface area (Å²) in [6, 6.07) is -0.401. The van der Waals surface area contributed by atoms with Crippen molar-refractivity contribution < 1.29 is 14.3 Å². The molecule has 0 aromatic rings. The number of esters is 1. The van der Waals surface area contributed by atoms with Gasteiger partial charge < -0.3 is 10.1 Å². The molecular weight excluding hydrogens is 220 g/mol. The van der Waals surface area contributed by atoms with Crippen molar-refractivity contribution in [1.29, 1.82) is 0 Å². The van der Waals surface area contributed by atoms with Gasteiger partial charge in [-0.25, -0.2) is 0 Å². The van der Waals surface area contributed by atoms with Crippen molar-refractivity contribution in [3.05, 3.63) is 0 Å². The third-order valence-corrected chi connectivity index (χ3v) is 2.36. The van der Waals surface area contributed by atoms with Crippen LogP contribution < -0.4 is 5.32 Å². The van der Waals surface area contributed by atoms with Crippen LogP contribution in [0.5, 0.6) is 0 Å². The molecule has 0 saturated carbocycles. The van der Waals surface area contributed by atoms with Gasteiger partial charge in [-0.1, -0.05) is 12.8 Å². The van der Waals surface area contributed by atoms with E-state index in [0.717, 1.165) is 6.42 Å². The number of terminal acetylenes is 1. The fraction of sp³-hybridized carbons (Fsp3) is 0.667. The van der Waals surface area contributed by atoms with Gasteiger partial charge >= 0.3 is 5.97 Å². The normalized spacial score (nSPS) is 11.7. The summed E-state index contributed by atoms with van der Waals surface area (Å²) >= 11 is 0. The molecule has 17 heavy (non-hydrogen) atoms. The van der Waals surface area contributed by atoms with Gasteiger partial charge in [-0.2, -0.15) is 0 Å². The number of carbonyl (C=O) groups is 2. The smallest absolute Gasteiger partial charge is 0.319 e. The quantitative estimate of drug-likeness (QED) is 0.503. The monoisotopic (exact) mass is 240 g/mol. The predicted octanol–water partition coefficient (Wildman–Crippen LogP) is 0.00930. The van der Waals surface area contributed by atoms with Crippen molar-refractivity contribution in [3.8, 4) is 12.3 Å². The third-order valence-electron chi connectivity index (χ3n) is 2.36. The molecule has 0 aliphatic heterocycles. The van der Waals surface area contributed by atoms with E-state index >= 15 is 0 Å². The molecule has 5 heteroatoms. The highest BCUT2D eigenvalue weighted by atomic mass is 16.5. The Morgan fingerprint density at radius 2 is 2.18 bits per heavy atom. The van der Waals surface area contributed by atoms with Crippen LogP contribution in [0.3, 0.4) is 0 Å². The Balaban J connectivity index is 4.42. The second-order valence-electron chi connectivity index (χ2n) is 3.64. The van der Waals surface area contributed by atoms with E-state index < -0.39 is 6.04 Å². The zero-order valence-corrected chi connectivity index (χ0v) is 10.7. The lowest BCUT2D eigenvalue weighted by molar-refractivity contribution is -0.143. The topological polar surface area (TPSA) is 58.6 Å². The molecule has 5 nitrogen and oxygen atoms in total. The fourth-order valence-corrected chi connectivity index (χ4v) is 1.38. The average molecular weight is 240 g/mol. The summed E-state index contributed by atoms with van der Waals surface area (Å²) in [5.41, 5.74) is 0. The van der Waals surface area contributed by atoms with Crippen molar-refractivity contribution in [2.45, 2.75) is 26.3 Å². The molecule has 1 unspecified atom stereocenters. The molecule has 0 aromatic heterocycles. The van der Waals surface area contributed by atoms with Crippen LogP contribution in [0.4, 0.5) is 0 Å². The Bertz CT molecular complexity index is 297. The van der Waals surface area contributed by atoms with Gasteiger partial charge in [0.05, 0.1) is 26.2 Å². The van der Waals surface area contributed by atoms with Crippen LogP contribution in [0, 0.1) is 12.3 Å². The lowest BCUT2D eigenvalue weighted by Gasteiger charge is -2.26. The van der Waals surface area contributed by atoms with Gasteiger partial charge in [0.2, 0.25) is 5.91 Å². The summed E-state index contributed by atoms with van der Waals surface area (Å²) in [5, 5.41) is 2.59. The molecule has 0 heterocycles. The number of carbonyl (C=O) groups excluding carboxylic acids is 2. The summed E-state index contributed by atoms with van der Waals surface area (Å²) < 4.78 is 4.59. The summed E-state index contributed by atoms with van der Waals surface area (Å²) in [6.07, 6.45) is 5.91. The van der Waals surface area contributed by atoms with E-state index in [-0.39, 0.29) is 25.0 Å². The molecule has 0 fully saturated rings. The molecule has 1 amide bonds. The first-order valence-electron chi connectivity index (χ1n) is 5.58. The SMILES string of the molecule is C#CCNC(=O)C(C)N(CCC)CC(=O)OC. The van der Waals surface area contributed by atoms with E-state index in [1.165, 1.54) is 7.11 Å². The van der Waals surface area contributed by atoms with Gasteiger partial charge in [0.1, 0.15) is 0 Å². The number of nitrogens with zero attached hydrogens (tertiary/aromatic N) is 1. The number of methoxy groups -OCH3 is 1. The molecule has 1 atom stereocenters. The van der Waals surface area contributed by atoms with Crippen molar-refractivity contribution in [2.24, 2.45) is 0 Å². The highest BCUT2D eigenvalue weighted by Crippen LogP contribution is 2.01. The van der Waals surface area contributed by atoms with Crippen molar-refractivity contribution in [3.63, 3.8) is 0 Å². The van der Waals surface area contributed by atoms with Gasteiger partial charge in [0, 0.05) is 0 Å². The largest absolute Gasteiger partial charge is 0.468 e. The fourth-order valence-electron chi connectivity index (χ4n) is 1.38. The number of rotatable bonds is 7. The highest BCUT2D eigenvalue weighted by molar-refractivity contribution is 5.82. The first kappa shape index (κ1) is 15.5. The zero-order valence-electron chi connectivity index (χ0n) is 10.7. The second-order valence-corrected chi connectivity index (χ2v) is 3.64. The Kier molecular flexibility index (Phi) is 7.82. The Morgan fingerprint density at radius 1 is 1.53 bits per heavy atom. The molecule has 0 aliphatic rings. The predicted molar refractivity (Wildman–Crippen MR) is 65.2 cm³/mol. The number of hydrogen-bond donors (Lipinski definition) is 1. The molecule has 0 spiro atoms. The summed E-state index contributed by atoms with van der Waals surface area (Å²) in [6.45, 7) is 4.68. The molecular formula is C12H20N2O3. The van der Waals surface area contributed by atoms with Crippen molar-refractivity contribution >= 4 is 11.9 Å². The third kappa shape index (κ3) is 5.93. The second kappa shape index (κ2) is 8.59. The summed E-state index contributed by atoms with van der Waals surface area (Å²) in [7, 11) is 1.33. The van der Waals surface area contributed by atoms with Crippen LogP contribution in [0.15, 0.2) is 0 Å². The molecule has 0 saturated heterocycles. The number of hydrogen-bond acceptors (Lipinski definition) is 4. The first-order chi connectivity index (χ1) is 8.06. The van der Waals surface area contributed by atoms with Crippen molar-refractivity contribution in [1.82, 2.24) is 10.2 Å². The van der Waals surface area contributed by atoms with E-state index in [1.807, 2.05) is 6.92 Å². The average Bonchev–Trinajstić information content (AvgIpc) is 2.34. The molecule has 0 radical (unpaired) electrons. The van der Waals surface area contributed by atoms with Crippen LogP contribution in [-0.2, 0) is 14.3 Å². The van der Waals surface area contributed by atoms with Crippen LogP contribution in [0.25, 0.3) is 0 Å². The van der Waals surface area contributed by atoms with Crippen LogP contribution in [0.1, 0.15) is 20.3 Å². The van der Waals surface area contributed by atoms with Crippen LogP contribution in [-0.4, -0.2) is 49.6 Å². The maximum atomic E-state index is 11.7. The molecule has 0 aliphatic carbocycles. The summed E-state index contributed by atoms with van der Waals surface area (Å²) in [5.74, 6) is 1.80. The van der Waals surface area contributed by atoms with Gasteiger partial charge in [-0.15, -0.1) is 6.42 Å². The molecule has 0 aromatic carbocycles. The lowest BCUT2D eigenvalue weighted by Crippen LogP contribution is -2.47. The first-order valence-corrected chi connectivity index (χ1v) is 5.58. The number of ether oxygens (including phenoxy) is 1. The van der Waals surface area contributed by atoms with E-state index in [1.54, 1.807) is 11.8 Å². The van der Waals surface area contributed by atoms with Gasteiger partial charge in [0.15, 0.2) is 0 Å². The minimum absolute atomic E-state index is 0.106. The minimum Gasteiger partial charge on any atom is -0.468 e. The van der Waals surface area contributed by atoms with E-state index in [2.05, 4.69) is 16.0 Å². The van der Waals surface area contributed by atoms with E-state index in [0.29, 0.717) is 6.54 Å². The standard InChI is InChI=1S/C12H20N2O3/c1-5-7-13-12(16)10(3)14(8-6-2)9-11(15)17-4/h1,10H,6-9H2,2-4H3,(H,13,16). The number of nitrogens with one attached hydrogen (secondary N) is 1. The molecule has 1 N–H and O–H groups in total. The lowest BCUT2D eigenvalue weighted by atomic mass is 10.2. The number of amides is 1. The molecule has 0 rings (SSSR count). The van der Waals surface area contributed by atoms with Gasteiger partial charge in [-0.05, 0) is 19.9 Å². The van der Waals surface area contributed by atoms with E-state index in [9.17, 15) is 9.59 Å². The Hall–Kier alpha value is -1.54. The zero-order chi connectivity index (χ0) is 13.3. The van der Waals surface area contributed by atoms with Gasteiger partial charge in [-0.3, -0.25) is 14.5 Å². The van der Waals surface area contributed by atoms with Crippen molar-refractivity contribution in [2.75, 3.05) is 26.7 Å². The van der Waals surface area contributed by atoms with E-state index in [4.69, 9.17) is 6.42 Å². The Labute approximate surface area is 102 Å². The maximum Gasteiger partial charge on any atom is 0.319 e. The maximum absolute atomic E-state index is 11.7. The van der Waals surface area contributed by atoms with Crippen LogP contribution in [0.2, 0.25) is 0 Å². The Morgan fingerprint density at radius 3 is 2.65 bits per heavy atom. The summed E-state index contributed by atoms with van der Waals surface area (Å²) in [4.78, 5) is 24.7. The minimum atomic E-state index is -0.401. The van der Waals surface area contributed by atoms with Crippen LogP contribution >= 0.6 is 0 Å².